The number of aryl methyl sites for hydroxylation is 2. The second-order valence-corrected chi connectivity index (χ2v) is 8.38. The number of thioether (sulfide) groups is 1. The Morgan fingerprint density at radius 1 is 1.41 bits per heavy atom. The van der Waals surface area contributed by atoms with Gasteiger partial charge in [0.25, 0.3) is 5.56 Å². The van der Waals surface area contributed by atoms with Crippen LogP contribution in [0, 0.1) is 5.82 Å². The van der Waals surface area contributed by atoms with E-state index in [-0.39, 0.29) is 28.4 Å². The van der Waals surface area contributed by atoms with Crippen molar-refractivity contribution in [3.8, 4) is 5.75 Å². The number of hydrogen-bond donors (Lipinski definition) is 0. The van der Waals surface area contributed by atoms with Crippen LogP contribution >= 0.6 is 23.1 Å². The number of fused-ring (bicyclic) bond motifs is 3. The monoisotopic (exact) mass is 404 g/mol. The van der Waals surface area contributed by atoms with Crippen LogP contribution < -0.4 is 10.3 Å². The molecule has 0 spiro atoms. The van der Waals surface area contributed by atoms with E-state index >= 15 is 0 Å². The molecular weight excluding hydrogens is 387 g/mol. The van der Waals surface area contributed by atoms with Gasteiger partial charge in [0.15, 0.2) is 22.5 Å². The van der Waals surface area contributed by atoms with Crippen LogP contribution in [0.25, 0.3) is 10.2 Å². The standard InChI is InChI=1S/C19H17FN2O3S2/c1-22-18(24)16-11-4-3-5-15(11)27-17(16)21-19(22)26-9-13(23)10-6-7-14(25-2)12(20)8-10/h6-8H,3-5,9H2,1-2H3. The quantitative estimate of drug-likeness (QED) is 0.369. The highest BCUT2D eigenvalue weighted by molar-refractivity contribution is 7.99. The fourth-order valence-corrected chi connectivity index (χ4v) is 5.46. The molecule has 1 aromatic carbocycles. The smallest absolute Gasteiger partial charge is 0.262 e. The van der Waals surface area contributed by atoms with Crippen LogP contribution in [-0.4, -0.2) is 28.2 Å². The van der Waals surface area contributed by atoms with E-state index in [1.54, 1.807) is 18.4 Å². The van der Waals surface area contributed by atoms with Crippen molar-refractivity contribution < 1.29 is 13.9 Å². The molecule has 0 atom stereocenters. The summed E-state index contributed by atoms with van der Waals surface area (Å²) >= 11 is 2.76. The number of nitrogens with zero attached hydrogens (tertiary/aromatic N) is 2. The lowest BCUT2D eigenvalue weighted by Crippen LogP contribution is -2.20. The molecule has 8 heteroatoms. The van der Waals surface area contributed by atoms with Crippen molar-refractivity contribution in [3.63, 3.8) is 0 Å². The molecular formula is C19H17FN2O3S2. The number of rotatable bonds is 5. The van der Waals surface area contributed by atoms with E-state index in [9.17, 15) is 14.0 Å². The van der Waals surface area contributed by atoms with E-state index in [0.29, 0.717) is 5.16 Å². The fourth-order valence-electron chi connectivity index (χ4n) is 3.29. The predicted molar refractivity (Wildman–Crippen MR) is 105 cm³/mol. The molecule has 140 valence electrons. The maximum atomic E-state index is 13.8. The van der Waals surface area contributed by atoms with Crippen LogP contribution in [0.3, 0.4) is 0 Å². The molecule has 27 heavy (non-hydrogen) atoms. The van der Waals surface area contributed by atoms with Gasteiger partial charge in [-0.15, -0.1) is 11.3 Å². The summed E-state index contributed by atoms with van der Waals surface area (Å²) in [5.74, 6) is -0.639. The first-order valence-electron chi connectivity index (χ1n) is 8.50. The second-order valence-electron chi connectivity index (χ2n) is 6.36. The normalized spacial score (nSPS) is 13.1. The third-order valence-electron chi connectivity index (χ3n) is 4.71. The zero-order valence-corrected chi connectivity index (χ0v) is 16.5. The highest BCUT2D eigenvalue weighted by Crippen LogP contribution is 2.35. The Kier molecular flexibility index (Phi) is 4.77. The molecule has 0 N–H and O–H groups in total. The van der Waals surface area contributed by atoms with Gasteiger partial charge in [-0.25, -0.2) is 9.37 Å². The zero-order chi connectivity index (χ0) is 19.1. The average molecular weight is 404 g/mol. The number of benzene rings is 1. The number of Topliss-reactive ketones (excluding diaryl/α,β-unsaturated/α-hetero) is 1. The van der Waals surface area contributed by atoms with Gasteiger partial charge in [0.1, 0.15) is 4.83 Å². The second kappa shape index (κ2) is 7.09. The maximum Gasteiger partial charge on any atom is 0.262 e. The van der Waals surface area contributed by atoms with E-state index < -0.39 is 5.82 Å². The van der Waals surface area contributed by atoms with Crippen LogP contribution in [0.2, 0.25) is 0 Å². The summed E-state index contributed by atoms with van der Waals surface area (Å²) < 4.78 is 20.2. The molecule has 0 saturated heterocycles. The van der Waals surface area contributed by atoms with E-state index in [0.717, 1.165) is 35.0 Å². The molecule has 0 radical (unpaired) electrons. The van der Waals surface area contributed by atoms with Gasteiger partial charge in [0.2, 0.25) is 0 Å². The zero-order valence-electron chi connectivity index (χ0n) is 14.9. The molecule has 0 fully saturated rings. The summed E-state index contributed by atoms with van der Waals surface area (Å²) in [5.41, 5.74) is 1.34. The molecule has 0 aliphatic heterocycles. The predicted octanol–water partition coefficient (Wildman–Crippen LogP) is 3.61. The molecule has 0 saturated carbocycles. The lowest BCUT2D eigenvalue weighted by molar-refractivity contribution is 0.102. The molecule has 0 bridgehead atoms. The summed E-state index contributed by atoms with van der Waals surface area (Å²) in [5, 5.41) is 1.22. The van der Waals surface area contributed by atoms with Crippen molar-refractivity contribution in [2.75, 3.05) is 12.9 Å². The summed E-state index contributed by atoms with van der Waals surface area (Å²) in [6, 6.07) is 4.13. The van der Waals surface area contributed by atoms with Crippen molar-refractivity contribution in [2.45, 2.75) is 24.4 Å². The Balaban J connectivity index is 1.59. The lowest BCUT2D eigenvalue weighted by atomic mass is 10.1. The molecule has 0 unspecified atom stereocenters. The van der Waals surface area contributed by atoms with Crippen LogP contribution in [-0.2, 0) is 19.9 Å². The van der Waals surface area contributed by atoms with Crippen molar-refractivity contribution in [2.24, 2.45) is 7.05 Å². The van der Waals surface area contributed by atoms with E-state index in [2.05, 4.69) is 4.98 Å². The Morgan fingerprint density at radius 2 is 2.22 bits per heavy atom. The highest BCUT2D eigenvalue weighted by atomic mass is 32.2. The number of ketones is 1. The SMILES string of the molecule is COc1ccc(C(=O)CSc2nc3sc4c(c3c(=O)n2C)CCC4)cc1F. The number of aromatic nitrogens is 2. The summed E-state index contributed by atoms with van der Waals surface area (Å²) in [6.07, 6.45) is 3.02. The van der Waals surface area contributed by atoms with Gasteiger partial charge >= 0.3 is 0 Å². The number of carbonyl (C=O) groups excluding carboxylic acids is 1. The van der Waals surface area contributed by atoms with Crippen LogP contribution in [0.5, 0.6) is 5.75 Å². The van der Waals surface area contributed by atoms with Gasteiger partial charge in [-0.2, -0.15) is 0 Å². The first-order valence-corrected chi connectivity index (χ1v) is 10.3. The molecule has 2 heterocycles. The molecule has 0 amide bonds. The molecule has 3 aromatic rings. The first kappa shape index (κ1) is 18.2. The topological polar surface area (TPSA) is 61.2 Å². The van der Waals surface area contributed by atoms with Gasteiger partial charge in [-0.05, 0) is 43.0 Å². The van der Waals surface area contributed by atoms with Crippen LogP contribution in [0.4, 0.5) is 4.39 Å². The number of hydrogen-bond acceptors (Lipinski definition) is 6. The number of halogens is 1. The van der Waals surface area contributed by atoms with Gasteiger partial charge < -0.3 is 4.74 Å². The number of carbonyl (C=O) groups is 1. The summed E-state index contributed by atoms with van der Waals surface area (Å²) in [6.45, 7) is 0. The summed E-state index contributed by atoms with van der Waals surface area (Å²) in [4.78, 5) is 31.8. The lowest BCUT2D eigenvalue weighted by Gasteiger charge is -2.08. The molecule has 2 aromatic heterocycles. The minimum Gasteiger partial charge on any atom is -0.494 e. The molecule has 4 rings (SSSR count). The van der Waals surface area contributed by atoms with Gasteiger partial charge in [-0.1, -0.05) is 11.8 Å². The van der Waals surface area contributed by atoms with Gasteiger partial charge in [-0.3, -0.25) is 14.2 Å². The number of ether oxygens (including phenoxy) is 1. The molecule has 1 aliphatic carbocycles. The average Bonchev–Trinajstić information content (AvgIpc) is 3.23. The van der Waals surface area contributed by atoms with Crippen molar-refractivity contribution in [3.05, 3.63) is 50.4 Å². The molecule has 1 aliphatic rings. The summed E-state index contributed by atoms with van der Waals surface area (Å²) in [7, 11) is 3.05. The first-order chi connectivity index (χ1) is 13.0. The Bertz CT molecular complexity index is 1120. The van der Waals surface area contributed by atoms with E-state index in [1.165, 1.54) is 46.5 Å². The largest absolute Gasteiger partial charge is 0.494 e. The van der Waals surface area contributed by atoms with Gasteiger partial charge in [0, 0.05) is 17.5 Å². The van der Waals surface area contributed by atoms with E-state index in [4.69, 9.17) is 4.74 Å². The Morgan fingerprint density at radius 3 is 2.96 bits per heavy atom. The van der Waals surface area contributed by atoms with Crippen molar-refractivity contribution in [1.29, 1.82) is 0 Å². The van der Waals surface area contributed by atoms with Gasteiger partial charge in [0.05, 0.1) is 18.2 Å². The minimum atomic E-state index is -0.576. The highest BCUT2D eigenvalue weighted by Gasteiger charge is 2.22. The van der Waals surface area contributed by atoms with Crippen LogP contribution in [0.15, 0.2) is 28.2 Å². The third-order valence-corrected chi connectivity index (χ3v) is 6.93. The number of thiophene rings is 1. The Hall–Kier alpha value is -2.19. The van der Waals surface area contributed by atoms with E-state index in [1.807, 2.05) is 0 Å². The fraction of sp³-hybridized carbons (Fsp3) is 0.316. The number of methoxy groups -OCH3 is 1. The molecule has 5 nitrogen and oxygen atoms in total. The van der Waals surface area contributed by atoms with Crippen molar-refractivity contribution >= 4 is 39.1 Å². The van der Waals surface area contributed by atoms with Crippen LogP contribution in [0.1, 0.15) is 27.2 Å². The maximum absolute atomic E-state index is 13.8. The van der Waals surface area contributed by atoms with Crippen molar-refractivity contribution in [1.82, 2.24) is 9.55 Å². The Labute approximate surface area is 163 Å². The minimum absolute atomic E-state index is 0.0650. The third kappa shape index (κ3) is 3.17.